The quantitative estimate of drug-likeness (QED) is 0.645. The van der Waals surface area contributed by atoms with E-state index < -0.39 is 26.4 Å². The van der Waals surface area contributed by atoms with Gasteiger partial charge in [-0.3, -0.25) is 0 Å². The molecule has 0 heterocycles. The Morgan fingerprint density at radius 1 is 1.12 bits per heavy atom. The zero-order chi connectivity index (χ0) is 18.4. The van der Waals surface area contributed by atoms with Gasteiger partial charge in [-0.1, -0.05) is 19.8 Å². The van der Waals surface area contributed by atoms with E-state index in [9.17, 15) is 17.2 Å². The second-order valence-corrected chi connectivity index (χ2v) is 7.50. The van der Waals surface area contributed by atoms with Gasteiger partial charge in [-0.15, -0.1) is 0 Å². The summed E-state index contributed by atoms with van der Waals surface area (Å²) in [7, 11) is -2.31. The van der Waals surface area contributed by atoms with Crippen LogP contribution in [0.3, 0.4) is 0 Å². The number of ether oxygens (including phenoxy) is 2. The first-order valence-corrected chi connectivity index (χ1v) is 9.30. The Bertz CT molecular complexity index is 648. The summed E-state index contributed by atoms with van der Waals surface area (Å²) >= 11 is 0. The van der Waals surface area contributed by atoms with Gasteiger partial charge in [0.25, 0.3) is 0 Å². The average molecular weight is 365 g/mol. The third-order valence-electron chi connectivity index (χ3n) is 3.73. The number of alkyl halides is 2. The summed E-state index contributed by atoms with van der Waals surface area (Å²) in [4.78, 5) is -0.566. The van der Waals surface area contributed by atoms with Gasteiger partial charge < -0.3 is 15.2 Å². The van der Waals surface area contributed by atoms with Crippen LogP contribution in [0.2, 0.25) is 0 Å². The predicted octanol–water partition coefficient (Wildman–Crippen LogP) is 3.15. The van der Waals surface area contributed by atoms with E-state index in [0.29, 0.717) is 24.9 Å². The molecule has 1 aromatic rings. The zero-order valence-electron chi connectivity index (χ0n) is 14.3. The molecule has 0 aliphatic carbocycles. The van der Waals surface area contributed by atoms with E-state index in [0.717, 1.165) is 12.5 Å². The summed E-state index contributed by atoms with van der Waals surface area (Å²) < 4.78 is 63.7. The molecule has 1 aromatic carbocycles. The third-order valence-corrected chi connectivity index (χ3v) is 5.62. The Kier molecular flexibility index (Phi) is 7.41. The normalized spacial score (nSPS) is 12.2. The molecule has 0 amide bonds. The van der Waals surface area contributed by atoms with Gasteiger partial charge in [-0.2, -0.15) is 8.78 Å². The zero-order valence-corrected chi connectivity index (χ0v) is 15.1. The highest BCUT2D eigenvalue weighted by Gasteiger charge is 2.47. The maximum Gasteiger partial charge on any atom is 0.350 e. The smallest absolute Gasteiger partial charge is 0.350 e. The molecule has 5 nitrogen and oxygen atoms in total. The van der Waals surface area contributed by atoms with E-state index in [1.807, 2.05) is 6.92 Å². The number of hydrogen-bond donors (Lipinski definition) is 1. The van der Waals surface area contributed by atoms with Crippen LogP contribution in [0.5, 0.6) is 11.5 Å². The molecule has 0 saturated heterocycles. The first kappa shape index (κ1) is 20.6. The summed E-state index contributed by atoms with van der Waals surface area (Å²) in [5, 5.41) is -3.87. The fraction of sp³-hybridized carbons (Fsp3) is 0.625. The van der Waals surface area contributed by atoms with Gasteiger partial charge in [0.2, 0.25) is 9.84 Å². The minimum absolute atomic E-state index is 0.130. The van der Waals surface area contributed by atoms with Crippen molar-refractivity contribution in [1.82, 2.24) is 0 Å². The highest BCUT2D eigenvalue weighted by Crippen LogP contribution is 2.40. The Hall–Kier alpha value is -1.41. The fourth-order valence-electron chi connectivity index (χ4n) is 2.37. The second-order valence-electron chi connectivity index (χ2n) is 5.45. The van der Waals surface area contributed by atoms with Crippen molar-refractivity contribution in [2.24, 2.45) is 5.73 Å². The van der Waals surface area contributed by atoms with Gasteiger partial charge in [-0.25, -0.2) is 8.42 Å². The van der Waals surface area contributed by atoms with Crippen molar-refractivity contribution < 1.29 is 26.7 Å². The molecule has 0 saturated carbocycles. The van der Waals surface area contributed by atoms with Crippen LogP contribution in [-0.4, -0.2) is 34.4 Å². The maximum atomic E-state index is 14.3. The molecule has 0 aliphatic rings. The molecule has 0 bridgehead atoms. The summed E-state index contributed by atoms with van der Waals surface area (Å²) in [6.45, 7) is 2.16. The molecule has 0 radical (unpaired) electrons. The van der Waals surface area contributed by atoms with Crippen LogP contribution in [0.25, 0.3) is 0 Å². The molecule has 0 unspecified atom stereocenters. The molecule has 0 spiro atoms. The summed E-state index contributed by atoms with van der Waals surface area (Å²) in [6, 6.07) is 2.48. The van der Waals surface area contributed by atoms with Crippen molar-refractivity contribution in [3.63, 3.8) is 0 Å². The van der Waals surface area contributed by atoms with Crippen LogP contribution in [0.1, 0.15) is 38.2 Å². The summed E-state index contributed by atoms with van der Waals surface area (Å²) in [5.41, 5.74) is 6.10. The number of hydrogen-bond acceptors (Lipinski definition) is 5. The number of sulfone groups is 1. The summed E-state index contributed by atoms with van der Waals surface area (Å²) in [6.07, 6.45) is 1.08. The van der Waals surface area contributed by atoms with Crippen molar-refractivity contribution in [3.8, 4) is 11.5 Å². The highest BCUT2D eigenvalue weighted by molar-refractivity contribution is 7.92. The minimum atomic E-state index is -4.90. The van der Waals surface area contributed by atoms with Crippen LogP contribution < -0.4 is 15.2 Å². The average Bonchev–Trinajstić information content (AvgIpc) is 2.54. The lowest BCUT2D eigenvalue weighted by atomic mass is 10.1. The first-order chi connectivity index (χ1) is 11.2. The number of benzene rings is 1. The van der Waals surface area contributed by atoms with Gasteiger partial charge >= 0.3 is 5.25 Å². The SMILES string of the molecule is CCCCCC(F)(F)S(=O)(=O)c1cc(OC)c(CCN)cc1OC. The van der Waals surface area contributed by atoms with E-state index in [1.54, 1.807) is 0 Å². The second kappa shape index (κ2) is 8.62. The topological polar surface area (TPSA) is 78.6 Å². The van der Waals surface area contributed by atoms with E-state index >= 15 is 0 Å². The van der Waals surface area contributed by atoms with Gasteiger partial charge in [0, 0.05) is 12.5 Å². The number of halogens is 2. The van der Waals surface area contributed by atoms with Crippen LogP contribution in [0, 0.1) is 0 Å². The van der Waals surface area contributed by atoms with Crippen LogP contribution in [0.4, 0.5) is 8.78 Å². The molecular formula is C16H25F2NO4S. The molecule has 8 heteroatoms. The van der Waals surface area contributed by atoms with Crippen molar-refractivity contribution in [3.05, 3.63) is 17.7 Å². The van der Waals surface area contributed by atoms with Crippen molar-refractivity contribution in [2.45, 2.75) is 49.2 Å². The molecule has 0 aromatic heterocycles. The molecule has 0 fully saturated rings. The van der Waals surface area contributed by atoms with Crippen LogP contribution >= 0.6 is 0 Å². The molecule has 0 aliphatic heterocycles. The monoisotopic (exact) mass is 365 g/mol. The lowest BCUT2D eigenvalue weighted by molar-refractivity contribution is 0.0787. The van der Waals surface area contributed by atoms with E-state index in [-0.39, 0.29) is 17.9 Å². The van der Waals surface area contributed by atoms with Gasteiger partial charge in [0.15, 0.2) is 0 Å². The van der Waals surface area contributed by atoms with E-state index in [1.165, 1.54) is 20.3 Å². The Labute approximate surface area is 142 Å². The van der Waals surface area contributed by atoms with Crippen LogP contribution in [-0.2, 0) is 16.3 Å². The van der Waals surface area contributed by atoms with Crippen molar-refractivity contribution >= 4 is 9.84 Å². The molecule has 138 valence electrons. The largest absolute Gasteiger partial charge is 0.496 e. The van der Waals surface area contributed by atoms with Gasteiger partial charge in [0.05, 0.1) is 14.2 Å². The lowest BCUT2D eigenvalue weighted by Gasteiger charge is -2.20. The number of unbranched alkanes of at least 4 members (excludes halogenated alkanes) is 2. The van der Waals surface area contributed by atoms with E-state index in [2.05, 4.69) is 0 Å². The number of rotatable bonds is 10. The fourth-order valence-corrected chi connectivity index (χ4v) is 3.77. The first-order valence-electron chi connectivity index (χ1n) is 7.82. The highest BCUT2D eigenvalue weighted by atomic mass is 32.2. The lowest BCUT2D eigenvalue weighted by Crippen LogP contribution is -2.29. The molecule has 0 atom stereocenters. The van der Waals surface area contributed by atoms with Crippen LogP contribution in [0.15, 0.2) is 17.0 Å². The number of nitrogens with two attached hydrogens (primary N) is 1. The molecule has 1 rings (SSSR count). The van der Waals surface area contributed by atoms with Crippen molar-refractivity contribution in [1.29, 1.82) is 0 Å². The van der Waals surface area contributed by atoms with E-state index in [4.69, 9.17) is 15.2 Å². The molecule has 2 N–H and O–H groups in total. The summed E-state index contributed by atoms with van der Waals surface area (Å²) in [5.74, 6) is 0.0681. The van der Waals surface area contributed by atoms with Crippen molar-refractivity contribution in [2.75, 3.05) is 20.8 Å². The van der Waals surface area contributed by atoms with Gasteiger partial charge in [0.1, 0.15) is 16.4 Å². The Morgan fingerprint density at radius 3 is 2.25 bits per heavy atom. The maximum absolute atomic E-state index is 14.3. The Balaban J connectivity index is 3.36. The Morgan fingerprint density at radius 2 is 1.75 bits per heavy atom. The minimum Gasteiger partial charge on any atom is -0.496 e. The third kappa shape index (κ3) is 4.36. The predicted molar refractivity (Wildman–Crippen MR) is 88.6 cm³/mol. The molecule has 24 heavy (non-hydrogen) atoms. The number of methoxy groups -OCH3 is 2. The molecular weight excluding hydrogens is 340 g/mol. The standard InChI is InChI=1S/C16H25F2NO4S/c1-4-5-6-8-16(17,18)24(20,21)15-11-13(22-2)12(7-9-19)10-14(15)23-3/h10-11H,4-9,19H2,1-3H3. The van der Waals surface area contributed by atoms with Gasteiger partial charge in [-0.05, 0) is 31.0 Å².